The molecule has 1 aromatic heterocycles. The van der Waals surface area contributed by atoms with Crippen LogP contribution in [0.1, 0.15) is 36.9 Å². The fraction of sp³-hybridized carbons (Fsp3) is 0.750. The molecule has 0 bridgehead atoms. The molecular weight excluding hydrogens is 234 g/mol. The van der Waals surface area contributed by atoms with Gasteiger partial charge in [-0.2, -0.15) is 4.98 Å². The van der Waals surface area contributed by atoms with Crippen molar-refractivity contribution in [1.82, 2.24) is 15.0 Å². The van der Waals surface area contributed by atoms with Crippen LogP contribution in [-0.4, -0.2) is 41.1 Å². The average molecular weight is 251 g/mol. The van der Waals surface area contributed by atoms with Crippen LogP contribution in [0, 0.1) is 5.92 Å². The third-order valence-electron chi connectivity index (χ3n) is 3.60. The molecule has 3 rings (SSSR count). The van der Waals surface area contributed by atoms with Gasteiger partial charge in [-0.1, -0.05) is 5.16 Å². The number of rotatable bonds is 4. The standard InChI is InChI=1S/C12H17N3O3/c1-17-7-10-13-11(18-14-10)8-6-9(8)12(16)15-4-2-3-5-15/h8-9H,2-7H2,1H3/t8-,9+/m1/s1. The van der Waals surface area contributed by atoms with Gasteiger partial charge in [-0.05, 0) is 19.3 Å². The van der Waals surface area contributed by atoms with Crippen molar-refractivity contribution >= 4 is 5.91 Å². The Morgan fingerprint density at radius 3 is 3.00 bits per heavy atom. The lowest BCUT2D eigenvalue weighted by molar-refractivity contribution is -0.131. The van der Waals surface area contributed by atoms with Crippen molar-refractivity contribution < 1.29 is 14.1 Å². The zero-order valence-corrected chi connectivity index (χ0v) is 10.5. The van der Waals surface area contributed by atoms with Crippen molar-refractivity contribution in [2.45, 2.75) is 31.8 Å². The third kappa shape index (κ3) is 2.12. The van der Waals surface area contributed by atoms with E-state index in [0.29, 0.717) is 18.3 Å². The Morgan fingerprint density at radius 2 is 2.28 bits per heavy atom. The molecule has 2 heterocycles. The van der Waals surface area contributed by atoms with Crippen LogP contribution in [0.4, 0.5) is 0 Å². The Labute approximate surface area is 105 Å². The quantitative estimate of drug-likeness (QED) is 0.796. The van der Waals surface area contributed by atoms with Crippen LogP contribution in [0.15, 0.2) is 4.52 Å². The molecule has 98 valence electrons. The first-order valence-corrected chi connectivity index (χ1v) is 6.40. The summed E-state index contributed by atoms with van der Waals surface area (Å²) in [5.74, 6) is 1.56. The van der Waals surface area contributed by atoms with Crippen molar-refractivity contribution in [1.29, 1.82) is 0 Å². The van der Waals surface area contributed by atoms with Crippen LogP contribution in [0.25, 0.3) is 0 Å². The van der Waals surface area contributed by atoms with E-state index in [1.165, 1.54) is 0 Å². The van der Waals surface area contributed by atoms with E-state index in [4.69, 9.17) is 9.26 Å². The first-order valence-electron chi connectivity index (χ1n) is 6.40. The SMILES string of the molecule is COCc1noc([C@@H]2C[C@@H]2C(=O)N2CCCC2)n1. The van der Waals surface area contributed by atoms with Gasteiger partial charge in [-0.3, -0.25) is 4.79 Å². The van der Waals surface area contributed by atoms with E-state index < -0.39 is 0 Å². The number of hydrogen-bond acceptors (Lipinski definition) is 5. The summed E-state index contributed by atoms with van der Waals surface area (Å²) in [5.41, 5.74) is 0. The first kappa shape index (κ1) is 11.6. The average Bonchev–Trinajstić information content (AvgIpc) is 2.82. The number of carbonyl (C=O) groups excluding carboxylic acids is 1. The molecule has 2 atom stereocenters. The molecule has 2 fully saturated rings. The predicted octanol–water partition coefficient (Wildman–Crippen LogP) is 0.942. The Hall–Kier alpha value is -1.43. The van der Waals surface area contributed by atoms with E-state index in [1.54, 1.807) is 7.11 Å². The number of likely N-dealkylation sites (tertiary alicyclic amines) is 1. The molecule has 0 N–H and O–H groups in total. The summed E-state index contributed by atoms with van der Waals surface area (Å²) < 4.78 is 10.1. The summed E-state index contributed by atoms with van der Waals surface area (Å²) in [7, 11) is 1.59. The van der Waals surface area contributed by atoms with Crippen molar-refractivity contribution in [2.24, 2.45) is 5.92 Å². The Balaban J connectivity index is 1.60. The van der Waals surface area contributed by atoms with Gasteiger partial charge in [0.2, 0.25) is 11.8 Å². The second-order valence-corrected chi connectivity index (χ2v) is 4.96. The van der Waals surface area contributed by atoms with Crippen molar-refractivity contribution in [3.05, 3.63) is 11.7 Å². The van der Waals surface area contributed by atoms with Crippen LogP contribution < -0.4 is 0 Å². The summed E-state index contributed by atoms with van der Waals surface area (Å²) in [6.07, 6.45) is 3.09. The molecule has 0 spiro atoms. The third-order valence-corrected chi connectivity index (χ3v) is 3.60. The van der Waals surface area contributed by atoms with Gasteiger partial charge >= 0.3 is 0 Å². The van der Waals surface area contributed by atoms with Crippen LogP contribution in [0.5, 0.6) is 0 Å². The number of carbonyl (C=O) groups is 1. The Bertz CT molecular complexity index is 440. The maximum atomic E-state index is 12.1. The maximum absolute atomic E-state index is 12.1. The van der Waals surface area contributed by atoms with Crippen LogP contribution in [0.3, 0.4) is 0 Å². The molecule has 0 radical (unpaired) electrons. The van der Waals surface area contributed by atoms with Crippen LogP contribution in [-0.2, 0) is 16.1 Å². The molecule has 1 amide bonds. The number of hydrogen-bond donors (Lipinski definition) is 0. The van der Waals surface area contributed by atoms with E-state index in [2.05, 4.69) is 10.1 Å². The molecule has 1 aliphatic heterocycles. The predicted molar refractivity (Wildman–Crippen MR) is 61.7 cm³/mol. The number of aromatic nitrogens is 2. The smallest absolute Gasteiger partial charge is 0.230 e. The maximum Gasteiger partial charge on any atom is 0.230 e. The topological polar surface area (TPSA) is 68.5 Å². The van der Waals surface area contributed by atoms with E-state index in [-0.39, 0.29) is 17.7 Å². The molecule has 18 heavy (non-hydrogen) atoms. The summed E-state index contributed by atoms with van der Waals surface area (Å²) in [4.78, 5) is 18.3. The fourth-order valence-electron chi connectivity index (χ4n) is 2.52. The second-order valence-electron chi connectivity index (χ2n) is 4.96. The van der Waals surface area contributed by atoms with Crippen LogP contribution >= 0.6 is 0 Å². The van der Waals surface area contributed by atoms with Crippen LogP contribution in [0.2, 0.25) is 0 Å². The largest absolute Gasteiger partial charge is 0.377 e. The van der Waals surface area contributed by atoms with Gasteiger partial charge in [0, 0.05) is 20.2 Å². The number of amides is 1. The molecular formula is C12H17N3O3. The zero-order chi connectivity index (χ0) is 12.5. The lowest BCUT2D eigenvalue weighted by Crippen LogP contribution is -2.29. The van der Waals surface area contributed by atoms with Gasteiger partial charge in [0.25, 0.3) is 0 Å². The minimum Gasteiger partial charge on any atom is -0.377 e. The highest BCUT2D eigenvalue weighted by molar-refractivity contribution is 5.82. The molecule has 0 unspecified atom stereocenters. The molecule has 6 nitrogen and oxygen atoms in total. The zero-order valence-electron chi connectivity index (χ0n) is 10.5. The fourth-order valence-corrected chi connectivity index (χ4v) is 2.52. The molecule has 1 aromatic rings. The summed E-state index contributed by atoms with van der Waals surface area (Å²) in [6.45, 7) is 2.16. The Kier molecular flexibility index (Phi) is 3.03. The second kappa shape index (κ2) is 4.68. The number of ether oxygens (including phenoxy) is 1. The van der Waals surface area contributed by atoms with E-state index in [1.807, 2.05) is 4.90 Å². The molecule has 1 saturated heterocycles. The van der Waals surface area contributed by atoms with E-state index in [9.17, 15) is 4.79 Å². The summed E-state index contributed by atoms with van der Waals surface area (Å²) in [5, 5.41) is 3.82. The molecule has 6 heteroatoms. The molecule has 1 saturated carbocycles. The summed E-state index contributed by atoms with van der Waals surface area (Å²) >= 11 is 0. The van der Waals surface area contributed by atoms with Gasteiger partial charge < -0.3 is 14.2 Å². The molecule has 1 aliphatic carbocycles. The van der Waals surface area contributed by atoms with Gasteiger partial charge in [0.1, 0.15) is 6.61 Å². The monoisotopic (exact) mass is 251 g/mol. The van der Waals surface area contributed by atoms with Gasteiger partial charge in [0.05, 0.1) is 11.8 Å². The summed E-state index contributed by atoms with van der Waals surface area (Å²) in [6, 6.07) is 0. The molecule has 2 aliphatic rings. The lowest BCUT2D eigenvalue weighted by Gasteiger charge is -2.14. The highest BCUT2D eigenvalue weighted by Crippen LogP contribution is 2.48. The van der Waals surface area contributed by atoms with E-state index >= 15 is 0 Å². The van der Waals surface area contributed by atoms with Gasteiger partial charge in [-0.25, -0.2) is 0 Å². The van der Waals surface area contributed by atoms with Crippen molar-refractivity contribution in [3.63, 3.8) is 0 Å². The molecule has 0 aromatic carbocycles. The normalized spacial score (nSPS) is 26.6. The highest BCUT2D eigenvalue weighted by Gasteiger charge is 2.49. The van der Waals surface area contributed by atoms with Gasteiger partial charge in [-0.15, -0.1) is 0 Å². The first-order chi connectivity index (χ1) is 8.79. The van der Waals surface area contributed by atoms with E-state index in [0.717, 1.165) is 32.4 Å². The lowest BCUT2D eigenvalue weighted by atomic mass is 10.3. The highest BCUT2D eigenvalue weighted by atomic mass is 16.5. The number of methoxy groups -OCH3 is 1. The van der Waals surface area contributed by atoms with Crippen molar-refractivity contribution in [2.75, 3.05) is 20.2 Å². The van der Waals surface area contributed by atoms with Crippen molar-refractivity contribution in [3.8, 4) is 0 Å². The number of nitrogens with zero attached hydrogens (tertiary/aromatic N) is 3. The minimum atomic E-state index is 0.0546. The minimum absolute atomic E-state index is 0.0546. The van der Waals surface area contributed by atoms with Gasteiger partial charge in [0.15, 0.2) is 5.82 Å². The Morgan fingerprint density at radius 1 is 1.50 bits per heavy atom.